The number of hydrogen-bond donors (Lipinski definition) is 2. The zero-order chi connectivity index (χ0) is 15.2. The topological polar surface area (TPSA) is 91.0 Å². The summed E-state index contributed by atoms with van der Waals surface area (Å²) in [5.41, 5.74) is 0.318. The van der Waals surface area contributed by atoms with Crippen LogP contribution in [0, 0.1) is 18.3 Å². The Hall–Kier alpha value is -2.78. The first-order valence-electron chi connectivity index (χ1n) is 5.96. The molecule has 2 N–H and O–H groups in total. The third-order valence-corrected chi connectivity index (χ3v) is 2.81. The van der Waals surface area contributed by atoms with Gasteiger partial charge in [0.15, 0.2) is 5.82 Å². The first-order chi connectivity index (χ1) is 10.1. The molecule has 1 amide bonds. The Morgan fingerprint density at radius 2 is 2.24 bits per heavy atom. The van der Waals surface area contributed by atoms with Crippen LogP contribution in [0.15, 0.2) is 46.6 Å². The molecule has 0 spiro atoms. The molecular formula is C14H11ClN4O2. The number of aromatic nitrogens is 1. The molecule has 0 aliphatic heterocycles. The molecule has 106 valence electrons. The van der Waals surface area contributed by atoms with Crippen molar-refractivity contribution in [2.45, 2.75) is 6.92 Å². The van der Waals surface area contributed by atoms with Gasteiger partial charge in [-0.25, -0.2) is 0 Å². The number of amides is 1. The van der Waals surface area contributed by atoms with Crippen LogP contribution < -0.4 is 10.6 Å². The summed E-state index contributed by atoms with van der Waals surface area (Å²) in [5, 5.41) is 18.4. The number of para-hydroxylation sites is 1. The molecule has 6 nitrogen and oxygen atoms in total. The average molecular weight is 303 g/mol. The van der Waals surface area contributed by atoms with Crippen molar-refractivity contribution in [1.29, 1.82) is 5.26 Å². The van der Waals surface area contributed by atoms with Gasteiger partial charge in [-0.15, -0.1) is 0 Å². The van der Waals surface area contributed by atoms with Gasteiger partial charge in [0.2, 0.25) is 0 Å². The predicted molar refractivity (Wildman–Crippen MR) is 78.6 cm³/mol. The molecule has 2 aromatic rings. The van der Waals surface area contributed by atoms with Crippen molar-refractivity contribution in [1.82, 2.24) is 5.16 Å². The molecule has 1 heterocycles. The lowest BCUT2D eigenvalue weighted by atomic mass is 10.2. The van der Waals surface area contributed by atoms with Gasteiger partial charge >= 0.3 is 0 Å². The maximum atomic E-state index is 12.0. The summed E-state index contributed by atoms with van der Waals surface area (Å²) >= 11 is 5.94. The second kappa shape index (κ2) is 6.59. The van der Waals surface area contributed by atoms with E-state index in [-0.39, 0.29) is 5.57 Å². The van der Waals surface area contributed by atoms with Crippen LogP contribution in [0.4, 0.5) is 11.5 Å². The highest BCUT2D eigenvalue weighted by molar-refractivity contribution is 6.33. The minimum Gasteiger partial charge on any atom is -0.360 e. The second-order valence-electron chi connectivity index (χ2n) is 4.07. The van der Waals surface area contributed by atoms with E-state index in [2.05, 4.69) is 15.8 Å². The van der Waals surface area contributed by atoms with Gasteiger partial charge in [-0.05, 0) is 19.1 Å². The fraction of sp³-hybridized carbons (Fsp3) is 0.0714. The molecule has 0 bridgehead atoms. The molecule has 0 saturated carbocycles. The Balaban J connectivity index is 2.08. The van der Waals surface area contributed by atoms with E-state index in [0.717, 1.165) is 0 Å². The van der Waals surface area contributed by atoms with Gasteiger partial charge in [0.05, 0.1) is 10.7 Å². The van der Waals surface area contributed by atoms with Gasteiger partial charge in [-0.1, -0.05) is 28.9 Å². The van der Waals surface area contributed by atoms with Gasteiger partial charge in [-0.3, -0.25) is 4.79 Å². The van der Waals surface area contributed by atoms with Crippen molar-refractivity contribution in [3.8, 4) is 6.07 Å². The molecule has 0 unspecified atom stereocenters. The minimum absolute atomic E-state index is 0.115. The molecule has 1 aromatic carbocycles. The smallest absolute Gasteiger partial charge is 0.267 e. The summed E-state index contributed by atoms with van der Waals surface area (Å²) < 4.78 is 4.86. The van der Waals surface area contributed by atoms with E-state index in [0.29, 0.717) is 22.3 Å². The van der Waals surface area contributed by atoms with E-state index in [1.54, 1.807) is 43.3 Å². The molecule has 7 heteroatoms. The molecule has 0 aliphatic rings. The summed E-state index contributed by atoms with van der Waals surface area (Å²) in [6.45, 7) is 1.73. The number of hydrogen-bond acceptors (Lipinski definition) is 5. The molecule has 0 radical (unpaired) electrons. The highest BCUT2D eigenvalue weighted by Crippen LogP contribution is 2.21. The first kappa shape index (κ1) is 14.6. The number of nitriles is 1. The van der Waals surface area contributed by atoms with Gasteiger partial charge < -0.3 is 15.2 Å². The molecular weight excluding hydrogens is 292 g/mol. The van der Waals surface area contributed by atoms with Crippen LogP contribution in [0.2, 0.25) is 5.02 Å². The number of rotatable bonds is 4. The van der Waals surface area contributed by atoms with Crippen molar-refractivity contribution in [3.63, 3.8) is 0 Å². The Morgan fingerprint density at radius 3 is 2.86 bits per heavy atom. The third-order valence-electron chi connectivity index (χ3n) is 2.48. The lowest BCUT2D eigenvalue weighted by Gasteiger charge is -2.05. The number of nitrogens with zero attached hydrogens (tertiary/aromatic N) is 2. The standard InChI is InChI=1S/C14H11ClN4O2/c1-9-6-13(19-21-9)17-8-10(7-16)14(20)18-12-5-3-2-4-11(12)15/h2-6,8H,1H3,(H,17,19)(H,18,20)/b10-8-. The minimum atomic E-state index is -0.571. The molecule has 0 atom stereocenters. The molecule has 2 rings (SSSR count). The number of carbonyl (C=O) groups excluding carboxylic acids is 1. The van der Waals surface area contributed by atoms with Gasteiger partial charge in [-0.2, -0.15) is 5.26 Å². The van der Waals surface area contributed by atoms with E-state index in [9.17, 15) is 4.79 Å². The Kier molecular flexibility index (Phi) is 4.59. The Bertz CT molecular complexity index is 731. The van der Waals surface area contributed by atoms with Crippen molar-refractivity contribution >= 4 is 29.0 Å². The summed E-state index contributed by atoms with van der Waals surface area (Å²) in [6.07, 6.45) is 1.25. The lowest BCUT2D eigenvalue weighted by molar-refractivity contribution is -0.112. The molecule has 0 aliphatic carbocycles. The van der Waals surface area contributed by atoms with Gasteiger partial charge in [0.1, 0.15) is 17.4 Å². The molecule has 21 heavy (non-hydrogen) atoms. The van der Waals surface area contributed by atoms with Crippen LogP contribution >= 0.6 is 11.6 Å². The number of halogens is 1. The largest absolute Gasteiger partial charge is 0.360 e. The van der Waals surface area contributed by atoms with Gasteiger partial charge in [0, 0.05) is 12.3 Å². The van der Waals surface area contributed by atoms with Crippen molar-refractivity contribution in [2.24, 2.45) is 0 Å². The van der Waals surface area contributed by atoms with Crippen LogP contribution in [0.25, 0.3) is 0 Å². The summed E-state index contributed by atoms with van der Waals surface area (Å²) in [4.78, 5) is 12.0. The molecule has 0 fully saturated rings. The summed E-state index contributed by atoms with van der Waals surface area (Å²) in [7, 11) is 0. The SMILES string of the molecule is Cc1cc(N/C=C(/C#N)C(=O)Nc2ccccc2Cl)no1. The van der Waals surface area contributed by atoms with Crippen LogP contribution in [-0.4, -0.2) is 11.1 Å². The summed E-state index contributed by atoms with van der Waals surface area (Å²) in [6, 6.07) is 10.2. The molecule has 0 saturated heterocycles. The number of anilines is 2. The fourth-order valence-corrected chi connectivity index (χ4v) is 1.66. The lowest BCUT2D eigenvalue weighted by Crippen LogP contribution is -2.14. The van der Waals surface area contributed by atoms with E-state index in [1.807, 2.05) is 0 Å². The van der Waals surface area contributed by atoms with Crippen LogP contribution in [0.3, 0.4) is 0 Å². The fourth-order valence-electron chi connectivity index (χ4n) is 1.48. The number of carbonyl (C=O) groups is 1. The Labute approximate surface area is 126 Å². The van der Waals surface area contributed by atoms with Crippen molar-refractivity contribution in [2.75, 3.05) is 10.6 Å². The maximum Gasteiger partial charge on any atom is 0.267 e. The number of nitrogens with one attached hydrogen (secondary N) is 2. The number of aryl methyl sites for hydroxylation is 1. The van der Waals surface area contributed by atoms with Crippen LogP contribution in [0.5, 0.6) is 0 Å². The maximum absolute atomic E-state index is 12.0. The van der Waals surface area contributed by atoms with Crippen molar-refractivity contribution in [3.05, 3.63) is 52.9 Å². The molecule has 1 aromatic heterocycles. The van der Waals surface area contributed by atoms with E-state index < -0.39 is 5.91 Å². The zero-order valence-corrected chi connectivity index (χ0v) is 11.8. The monoisotopic (exact) mass is 302 g/mol. The quantitative estimate of drug-likeness (QED) is 0.669. The number of benzene rings is 1. The third kappa shape index (κ3) is 3.84. The van der Waals surface area contributed by atoms with Crippen molar-refractivity contribution < 1.29 is 9.32 Å². The first-order valence-corrected chi connectivity index (χ1v) is 6.34. The zero-order valence-electron chi connectivity index (χ0n) is 11.1. The Morgan fingerprint density at radius 1 is 1.48 bits per heavy atom. The highest BCUT2D eigenvalue weighted by Gasteiger charge is 2.11. The van der Waals surface area contributed by atoms with Crippen LogP contribution in [-0.2, 0) is 4.79 Å². The van der Waals surface area contributed by atoms with E-state index in [4.69, 9.17) is 21.4 Å². The van der Waals surface area contributed by atoms with Gasteiger partial charge in [0.25, 0.3) is 5.91 Å². The average Bonchev–Trinajstić information content (AvgIpc) is 2.88. The normalized spacial score (nSPS) is 10.8. The summed E-state index contributed by atoms with van der Waals surface area (Å²) in [5.74, 6) is 0.453. The predicted octanol–water partition coefficient (Wildman–Crippen LogP) is 3.09. The second-order valence-corrected chi connectivity index (χ2v) is 4.48. The van der Waals surface area contributed by atoms with E-state index >= 15 is 0 Å². The highest BCUT2D eigenvalue weighted by atomic mass is 35.5. The van der Waals surface area contributed by atoms with E-state index in [1.165, 1.54) is 6.20 Å². The van der Waals surface area contributed by atoms with Crippen LogP contribution in [0.1, 0.15) is 5.76 Å².